The Morgan fingerprint density at radius 2 is 1.94 bits per heavy atom. The van der Waals surface area contributed by atoms with Gasteiger partial charge in [-0.3, -0.25) is 0 Å². The summed E-state index contributed by atoms with van der Waals surface area (Å²) in [4.78, 5) is 0. The average Bonchev–Trinajstić information content (AvgIpc) is 2.37. The molecule has 1 unspecified atom stereocenters. The third kappa shape index (κ3) is 5.60. The molecule has 0 spiro atoms. The second-order valence-corrected chi connectivity index (χ2v) is 5.51. The zero-order valence-electron chi connectivity index (χ0n) is 11.3. The molecule has 0 aromatic heterocycles. The summed E-state index contributed by atoms with van der Waals surface area (Å²) in [5.41, 5.74) is 1.27. The summed E-state index contributed by atoms with van der Waals surface area (Å²) in [6, 6.07) is 6.57. The molecule has 0 heterocycles. The molecule has 1 aromatic rings. The smallest absolute Gasteiger partial charge is 0.0595 e. The molecule has 18 heavy (non-hydrogen) atoms. The van der Waals surface area contributed by atoms with Crippen LogP contribution in [0.3, 0.4) is 0 Å². The van der Waals surface area contributed by atoms with Gasteiger partial charge in [-0.25, -0.2) is 0 Å². The van der Waals surface area contributed by atoms with Crippen LogP contribution in [0.5, 0.6) is 0 Å². The molecule has 0 radical (unpaired) electrons. The maximum Gasteiger partial charge on any atom is 0.0595 e. The Bertz CT molecular complexity index is 352. The predicted octanol–water partition coefficient (Wildman–Crippen LogP) is 5.09. The first-order valence-corrected chi connectivity index (χ1v) is 7.60. The fourth-order valence-electron chi connectivity index (χ4n) is 2.05. The van der Waals surface area contributed by atoms with Crippen molar-refractivity contribution in [1.29, 1.82) is 0 Å². The largest absolute Gasteiger partial charge is 0.314 e. The fraction of sp³-hybridized carbons (Fsp3) is 0.600. The van der Waals surface area contributed by atoms with Gasteiger partial charge in [0.15, 0.2) is 0 Å². The van der Waals surface area contributed by atoms with Crippen LogP contribution in [0.25, 0.3) is 0 Å². The normalized spacial score (nSPS) is 12.7. The molecule has 0 saturated carbocycles. The number of nitrogens with one attached hydrogen (secondary N) is 1. The molecule has 0 amide bonds. The molecule has 1 rings (SSSR count). The van der Waals surface area contributed by atoms with Gasteiger partial charge in [-0.05, 0) is 56.3 Å². The Kier molecular flexibility index (Phi) is 7.73. The lowest BCUT2D eigenvalue weighted by Gasteiger charge is -2.16. The van der Waals surface area contributed by atoms with E-state index in [0.29, 0.717) is 16.1 Å². The van der Waals surface area contributed by atoms with Crippen molar-refractivity contribution in [3.63, 3.8) is 0 Å². The molecule has 102 valence electrons. The summed E-state index contributed by atoms with van der Waals surface area (Å²) in [5.74, 6) is 0. The minimum Gasteiger partial charge on any atom is -0.314 e. The van der Waals surface area contributed by atoms with Gasteiger partial charge in [0.1, 0.15) is 0 Å². The Balaban J connectivity index is 2.33. The van der Waals surface area contributed by atoms with E-state index in [9.17, 15) is 0 Å². The third-order valence-corrected chi connectivity index (χ3v) is 3.92. The topological polar surface area (TPSA) is 12.0 Å². The Hall–Kier alpha value is -0.240. The highest BCUT2D eigenvalue weighted by Gasteiger charge is 2.05. The SMILES string of the molecule is CCCNC(CC)CCCc1ccc(Cl)c(Cl)c1. The third-order valence-electron chi connectivity index (χ3n) is 3.18. The van der Waals surface area contributed by atoms with Crippen LogP contribution in [0.15, 0.2) is 18.2 Å². The summed E-state index contributed by atoms with van der Waals surface area (Å²) in [6.07, 6.45) is 5.87. The van der Waals surface area contributed by atoms with Gasteiger partial charge in [0.2, 0.25) is 0 Å². The second kappa shape index (κ2) is 8.79. The lowest BCUT2D eigenvalue weighted by molar-refractivity contribution is 0.456. The highest BCUT2D eigenvalue weighted by atomic mass is 35.5. The van der Waals surface area contributed by atoms with Crippen LogP contribution < -0.4 is 5.32 Å². The van der Waals surface area contributed by atoms with Crippen molar-refractivity contribution in [2.45, 2.75) is 52.0 Å². The maximum absolute atomic E-state index is 6.01. The molecule has 0 aliphatic heterocycles. The average molecular weight is 288 g/mol. The first-order valence-electron chi connectivity index (χ1n) is 6.84. The van der Waals surface area contributed by atoms with Gasteiger partial charge in [-0.2, -0.15) is 0 Å². The summed E-state index contributed by atoms with van der Waals surface area (Å²) in [5, 5.41) is 4.87. The molecule has 0 saturated heterocycles. The molecule has 3 heteroatoms. The lowest BCUT2D eigenvalue weighted by atomic mass is 10.0. The van der Waals surface area contributed by atoms with Crippen LogP contribution in [-0.4, -0.2) is 12.6 Å². The number of halogens is 2. The van der Waals surface area contributed by atoms with Gasteiger partial charge in [0.05, 0.1) is 10.0 Å². The van der Waals surface area contributed by atoms with Crippen molar-refractivity contribution in [2.75, 3.05) is 6.54 Å². The summed E-state index contributed by atoms with van der Waals surface area (Å²) in [6.45, 7) is 5.56. The van der Waals surface area contributed by atoms with E-state index in [0.717, 1.165) is 13.0 Å². The van der Waals surface area contributed by atoms with Gasteiger partial charge in [-0.1, -0.05) is 43.1 Å². The molecule has 0 bridgehead atoms. The van der Waals surface area contributed by atoms with Crippen LogP contribution in [0.2, 0.25) is 10.0 Å². The Morgan fingerprint density at radius 1 is 1.17 bits per heavy atom. The zero-order valence-corrected chi connectivity index (χ0v) is 12.8. The van der Waals surface area contributed by atoms with E-state index in [1.165, 1.54) is 31.2 Å². The van der Waals surface area contributed by atoms with Crippen molar-refractivity contribution in [3.8, 4) is 0 Å². The van der Waals surface area contributed by atoms with Crippen molar-refractivity contribution in [3.05, 3.63) is 33.8 Å². The zero-order chi connectivity index (χ0) is 13.4. The van der Waals surface area contributed by atoms with Crippen molar-refractivity contribution in [2.24, 2.45) is 0 Å². The van der Waals surface area contributed by atoms with Gasteiger partial charge >= 0.3 is 0 Å². The van der Waals surface area contributed by atoms with Gasteiger partial charge in [0.25, 0.3) is 0 Å². The van der Waals surface area contributed by atoms with E-state index in [1.54, 1.807) is 0 Å². The first kappa shape index (κ1) is 15.8. The lowest BCUT2D eigenvalue weighted by Crippen LogP contribution is -2.29. The highest BCUT2D eigenvalue weighted by molar-refractivity contribution is 6.42. The van der Waals surface area contributed by atoms with E-state index < -0.39 is 0 Å². The monoisotopic (exact) mass is 287 g/mol. The quantitative estimate of drug-likeness (QED) is 0.702. The van der Waals surface area contributed by atoms with Crippen LogP contribution in [0.1, 0.15) is 45.1 Å². The Labute approximate surface area is 121 Å². The molecule has 1 nitrogen and oxygen atoms in total. The molecule has 0 aliphatic carbocycles. The van der Waals surface area contributed by atoms with Crippen LogP contribution in [-0.2, 0) is 6.42 Å². The summed E-state index contributed by atoms with van der Waals surface area (Å²) in [7, 11) is 0. The summed E-state index contributed by atoms with van der Waals surface area (Å²) < 4.78 is 0. The molecular formula is C15H23Cl2N. The number of hydrogen-bond donors (Lipinski definition) is 1. The second-order valence-electron chi connectivity index (χ2n) is 4.70. The number of aryl methyl sites for hydroxylation is 1. The van der Waals surface area contributed by atoms with Gasteiger partial charge < -0.3 is 5.32 Å². The van der Waals surface area contributed by atoms with E-state index in [2.05, 4.69) is 25.2 Å². The van der Waals surface area contributed by atoms with E-state index in [4.69, 9.17) is 23.2 Å². The van der Waals surface area contributed by atoms with Crippen LogP contribution in [0.4, 0.5) is 0 Å². The minimum atomic E-state index is 0.636. The Morgan fingerprint density at radius 3 is 2.56 bits per heavy atom. The van der Waals surface area contributed by atoms with E-state index in [-0.39, 0.29) is 0 Å². The van der Waals surface area contributed by atoms with Crippen molar-refractivity contribution >= 4 is 23.2 Å². The van der Waals surface area contributed by atoms with E-state index >= 15 is 0 Å². The molecule has 1 atom stereocenters. The maximum atomic E-state index is 6.01. The standard InChI is InChI=1S/C15H23Cl2N/c1-3-10-18-13(4-2)7-5-6-12-8-9-14(16)15(17)11-12/h8-9,11,13,18H,3-7,10H2,1-2H3. The number of benzene rings is 1. The number of rotatable bonds is 8. The number of hydrogen-bond acceptors (Lipinski definition) is 1. The minimum absolute atomic E-state index is 0.636. The molecular weight excluding hydrogens is 265 g/mol. The van der Waals surface area contributed by atoms with Crippen molar-refractivity contribution in [1.82, 2.24) is 5.32 Å². The summed E-state index contributed by atoms with van der Waals surface area (Å²) >= 11 is 11.9. The molecule has 1 aromatic carbocycles. The highest BCUT2D eigenvalue weighted by Crippen LogP contribution is 2.23. The van der Waals surface area contributed by atoms with Gasteiger partial charge in [-0.15, -0.1) is 0 Å². The van der Waals surface area contributed by atoms with Crippen molar-refractivity contribution < 1.29 is 0 Å². The van der Waals surface area contributed by atoms with E-state index in [1.807, 2.05) is 12.1 Å². The molecule has 0 aliphatic rings. The van der Waals surface area contributed by atoms with Gasteiger partial charge in [0, 0.05) is 6.04 Å². The van der Waals surface area contributed by atoms with Crippen LogP contribution >= 0.6 is 23.2 Å². The molecule has 1 N–H and O–H groups in total. The fourth-order valence-corrected chi connectivity index (χ4v) is 2.37. The molecule has 0 fully saturated rings. The first-order chi connectivity index (χ1) is 8.67. The van der Waals surface area contributed by atoms with Crippen LogP contribution in [0, 0.1) is 0 Å². The predicted molar refractivity (Wildman–Crippen MR) is 81.8 cm³/mol.